The molecule has 0 aromatic heterocycles. The Bertz CT molecular complexity index is 2500. The van der Waals surface area contributed by atoms with Gasteiger partial charge in [-0.1, -0.05) is 0 Å². The molecule has 0 atom stereocenters. The first-order valence-corrected chi connectivity index (χ1v) is 20.1. The van der Waals surface area contributed by atoms with Gasteiger partial charge in [0.15, 0.2) is 0 Å². The van der Waals surface area contributed by atoms with Gasteiger partial charge in [-0.3, -0.25) is 0 Å². The van der Waals surface area contributed by atoms with Crippen LogP contribution in [0.4, 0.5) is 0 Å². The fourth-order valence-electron chi connectivity index (χ4n) is 3.45. The summed E-state index contributed by atoms with van der Waals surface area (Å²) in [5.74, 6) is -13.1. The molecule has 4 aromatic rings. The van der Waals surface area contributed by atoms with E-state index >= 15 is 0 Å². The summed E-state index contributed by atoms with van der Waals surface area (Å²) in [5, 5.41) is 87.8. The van der Waals surface area contributed by atoms with E-state index in [1.165, 1.54) is 0 Å². The first-order valence-electron chi connectivity index (χ1n) is 14.4. The minimum atomic E-state index is -4.77. The van der Waals surface area contributed by atoms with Crippen molar-refractivity contribution in [2.75, 3.05) is 0 Å². The predicted octanol–water partition coefficient (Wildman–Crippen LogP) is -21.2. The Balaban J connectivity index is -0.0000000251. The van der Waals surface area contributed by atoms with E-state index in [2.05, 4.69) is 0 Å². The summed E-state index contributed by atoms with van der Waals surface area (Å²) in [6.45, 7) is 0. The molecule has 0 saturated heterocycles. The smallest absolute Gasteiger partial charge is 0.744 e. The number of carboxylic acids is 6. The third kappa shape index (κ3) is 53.2. The van der Waals surface area contributed by atoms with Crippen molar-refractivity contribution in [2.24, 2.45) is 0 Å². The minimum absolute atomic E-state index is 0. The second kappa shape index (κ2) is 63.4. The molecule has 0 aliphatic rings. The molecule has 504 valence electrons. The Kier molecular flexibility index (Phi) is 116. The van der Waals surface area contributed by atoms with Crippen molar-refractivity contribution in [1.82, 2.24) is 0 Å². The second-order valence-corrected chi connectivity index (χ2v) is 15.7. The summed E-state index contributed by atoms with van der Waals surface area (Å²) in [6.07, 6.45) is 0. The van der Waals surface area contributed by atoms with Crippen molar-refractivity contribution in [1.29, 1.82) is 0 Å². The Morgan fingerprint density at radius 3 is 0.452 bits per heavy atom. The van der Waals surface area contributed by atoms with Crippen LogP contribution >= 0.6 is 0 Å². The molecule has 0 spiro atoms. The van der Waals surface area contributed by atoms with Crippen molar-refractivity contribution in [3.05, 3.63) is 95.1 Å². The fraction of sp³-hybridized carbons (Fsp3) is 0. The summed E-state index contributed by atoms with van der Waals surface area (Å²) in [7, 11) is -19.1. The van der Waals surface area contributed by atoms with Crippen molar-refractivity contribution in [3.8, 4) is 23.0 Å². The number of carbonyl (C=O) groups is 6. The zero-order chi connectivity index (χ0) is 48.9. The molecule has 84 heavy (non-hydrogen) atoms. The molecule has 54 heteroatoms. The van der Waals surface area contributed by atoms with Crippen LogP contribution in [0.1, 0.15) is 41.4 Å². The average molecular weight is 1630 g/mol. The summed E-state index contributed by atoms with van der Waals surface area (Å²) < 4.78 is 126. The summed E-state index contributed by atoms with van der Waals surface area (Å²) >= 11 is 0. The number of hydrogen-bond acceptors (Lipinski definition) is 24. The van der Waals surface area contributed by atoms with E-state index in [0.29, 0.717) is 24.3 Å². The monoisotopic (exact) mass is 1630 g/mol. The normalized spacial score (nSPS) is 8.00. The van der Waals surface area contributed by atoms with E-state index in [-0.39, 0.29) is 213 Å². The van der Waals surface area contributed by atoms with Gasteiger partial charge in [-0.25, -0.2) is 52.8 Å². The van der Waals surface area contributed by atoms with E-state index in [9.17, 15) is 71.1 Å². The van der Waals surface area contributed by atoms with Crippen LogP contribution in [-0.4, -0.2) is 172 Å². The molecular formula is C30H72O48S4Sm2+12. The van der Waals surface area contributed by atoms with Crippen LogP contribution < -0.4 is 10.2 Å². The standard InChI is InChI=1S/4C7H6O6S.C2H2O4.20H2O.2Sm/c4*8-5-3-4(7(9)10)1-2-6(5)14(11,12)13;3-1(4)2(5)6;;;;;;;;;;;;;;;;;;;;;;/h4*1-3,8H,(H,9,10)(H,11,12,13);(H,3,4)(H,5,6);20*1H2;;/q;;;;;;;;;;;;;;;;;;;;;;;;;2*+3/p+6. The van der Waals surface area contributed by atoms with Crippen LogP contribution in [0.25, 0.3) is 0 Å². The van der Waals surface area contributed by atoms with Gasteiger partial charge < -0.3 is 188 Å². The van der Waals surface area contributed by atoms with Gasteiger partial charge >= 0.3 is 105 Å². The van der Waals surface area contributed by atoms with Crippen LogP contribution in [0, 0.1) is 80.8 Å². The first-order chi connectivity index (χ1) is 27.9. The van der Waals surface area contributed by atoms with Crippen molar-refractivity contribution >= 4 is 76.3 Å². The van der Waals surface area contributed by atoms with Gasteiger partial charge in [-0.2, -0.15) is 0 Å². The fourth-order valence-corrected chi connectivity index (χ4v) is 5.65. The van der Waals surface area contributed by atoms with Crippen LogP contribution in [0.5, 0.6) is 23.0 Å². The molecule has 0 unspecified atom stereocenters. The van der Waals surface area contributed by atoms with Gasteiger partial charge in [0.1, 0.15) is 63.5 Å². The molecule has 0 fully saturated rings. The van der Waals surface area contributed by atoms with E-state index in [4.69, 9.17) is 60.7 Å². The topological polar surface area (TPSA) is 1190 Å². The minimum Gasteiger partial charge on any atom is -0.744 e. The van der Waals surface area contributed by atoms with Crippen LogP contribution in [0.3, 0.4) is 0 Å². The molecular weight excluding hydrogens is 1560 g/mol. The van der Waals surface area contributed by atoms with Gasteiger partial charge in [0.25, 0.3) is 0 Å². The van der Waals surface area contributed by atoms with Crippen molar-refractivity contribution < 1.29 is 322 Å². The number of hydrogen-bond donors (Lipinski definition) is 8. The number of rotatable bonds is 8. The van der Waals surface area contributed by atoms with E-state index in [1.807, 2.05) is 0 Å². The maximum atomic E-state index is 10.5. The van der Waals surface area contributed by atoms with E-state index < -0.39 is 119 Å². The number of aliphatic carboxylic acids is 2. The predicted molar refractivity (Wildman–Crippen MR) is 269 cm³/mol. The van der Waals surface area contributed by atoms with Crippen molar-refractivity contribution in [2.45, 2.75) is 19.6 Å². The summed E-state index contributed by atoms with van der Waals surface area (Å²) in [6, 6.07) is 9.50. The number of carboxylic acid groups (broad SMARTS) is 6. The van der Waals surface area contributed by atoms with Gasteiger partial charge in [0, 0.05) is 0 Å². The summed E-state index contributed by atoms with van der Waals surface area (Å²) in [5.41, 5.74) is -1.19. The average Bonchev–Trinajstić information content (AvgIpc) is 3.10. The molecule has 4 rings (SSSR count). The zero-order valence-electron chi connectivity index (χ0n) is 41.0. The molecule has 0 bridgehead atoms. The number of aromatic hydroxyl groups is 4. The number of phenolic OH excluding ortho intramolecular Hbond substituents is 4. The molecule has 48 nitrogen and oxygen atoms in total. The molecule has 60 N–H and O–H groups in total. The quantitative estimate of drug-likeness (QED) is 0.0461. The summed E-state index contributed by atoms with van der Waals surface area (Å²) in [4.78, 5) is 56.0. The largest absolute Gasteiger partial charge is 3.00 e. The third-order valence-corrected chi connectivity index (χ3v) is 9.60. The third-order valence-electron chi connectivity index (χ3n) is 6.07. The number of aromatic carboxylic acids is 4. The molecule has 0 saturated carbocycles. The van der Waals surface area contributed by atoms with Gasteiger partial charge in [-0.05, 0) is 72.8 Å². The molecule has 2 radical (unpaired) electrons. The molecule has 4 aromatic carbocycles. The van der Waals surface area contributed by atoms with E-state index in [0.717, 1.165) is 48.5 Å². The SMILES string of the molecule is O.O.O.O.O.O.O.O.O=C(O)c1ccc(S(=O)(=O)[O-])c(O)c1.O=C(O)c1ccc(S(=O)(=O)[O-])c(O)c1.O=C(O)c1ccc(S(=O)(=O)[O-])c(O)c1.O=C(O)c1ccc(S(=O)(=O)[O-])c(O)c1.O=C([O-])C(=O)[O-].[OH3+].[OH3+].[OH3+].[OH3+].[OH3+].[OH3+].[OH3+].[OH3+].[OH3+].[OH3+].[OH3+].[OH3+].[Sm+3].[Sm+3]. The molecule has 0 aliphatic heterocycles. The Hall–Kier alpha value is -5.58. The Morgan fingerprint density at radius 2 is 0.393 bits per heavy atom. The van der Waals surface area contributed by atoms with Crippen LogP contribution in [-0.2, 0) is 116 Å². The van der Waals surface area contributed by atoms with E-state index in [1.54, 1.807) is 0 Å². The number of benzene rings is 4. The van der Waals surface area contributed by atoms with Crippen molar-refractivity contribution in [3.63, 3.8) is 0 Å². The Morgan fingerprint density at radius 1 is 0.286 bits per heavy atom. The maximum Gasteiger partial charge on any atom is 3.00 e. The first kappa shape index (κ1) is 153. The Labute approximate surface area is 531 Å². The van der Waals surface area contributed by atoms with Crippen LogP contribution in [0.2, 0.25) is 0 Å². The number of phenols is 4. The van der Waals surface area contributed by atoms with Gasteiger partial charge in [0.05, 0.1) is 53.8 Å². The van der Waals surface area contributed by atoms with Gasteiger partial charge in [0.2, 0.25) is 0 Å². The molecule has 0 amide bonds. The van der Waals surface area contributed by atoms with Gasteiger partial charge in [-0.15, -0.1) is 0 Å². The second-order valence-electron chi connectivity index (χ2n) is 10.3. The maximum absolute atomic E-state index is 10.5. The molecule has 0 heterocycles. The number of carbonyl (C=O) groups excluding carboxylic acids is 2. The zero-order valence-corrected chi connectivity index (χ0v) is 49.6. The van der Waals surface area contributed by atoms with Crippen LogP contribution in [0.15, 0.2) is 92.4 Å². The molecule has 0 aliphatic carbocycles.